The van der Waals surface area contributed by atoms with Crippen LogP contribution in [0.25, 0.3) is 6.08 Å². The first-order chi connectivity index (χ1) is 10.1. The van der Waals surface area contributed by atoms with Crippen molar-refractivity contribution in [3.8, 4) is 0 Å². The second kappa shape index (κ2) is 6.47. The normalized spacial score (nSPS) is 11.0. The predicted molar refractivity (Wildman–Crippen MR) is 75.9 cm³/mol. The quantitative estimate of drug-likeness (QED) is 0.849. The minimum atomic E-state index is -1.30. The fourth-order valence-corrected chi connectivity index (χ4v) is 1.70. The van der Waals surface area contributed by atoms with E-state index in [0.29, 0.717) is 11.1 Å². The highest BCUT2D eigenvalue weighted by Gasteiger charge is 2.13. The molecule has 2 aromatic rings. The molecule has 0 aromatic heterocycles. The Balaban J connectivity index is 2.24. The van der Waals surface area contributed by atoms with E-state index in [2.05, 4.69) is 5.32 Å². The van der Waals surface area contributed by atoms with Gasteiger partial charge in [0.1, 0.15) is 11.5 Å². The lowest BCUT2D eigenvalue weighted by molar-refractivity contribution is -0.132. The maximum atomic E-state index is 13.1. The molecular weight excluding hydrogens is 273 g/mol. The second-order valence-corrected chi connectivity index (χ2v) is 4.24. The molecule has 5 heteroatoms. The van der Waals surface area contributed by atoms with E-state index in [1.54, 1.807) is 36.4 Å². The van der Waals surface area contributed by atoms with Crippen LogP contribution in [0.15, 0.2) is 60.3 Å². The lowest BCUT2D eigenvalue weighted by Gasteiger charge is -2.06. The Morgan fingerprint density at radius 1 is 1.05 bits per heavy atom. The van der Waals surface area contributed by atoms with E-state index in [9.17, 15) is 14.0 Å². The Morgan fingerprint density at radius 3 is 2.38 bits per heavy atom. The van der Waals surface area contributed by atoms with Crippen molar-refractivity contribution in [2.24, 2.45) is 0 Å². The first-order valence-electron chi connectivity index (χ1n) is 6.13. The number of carbonyl (C=O) groups is 2. The number of carbonyl (C=O) groups excluding carboxylic acids is 1. The molecule has 2 aromatic carbocycles. The van der Waals surface area contributed by atoms with E-state index >= 15 is 0 Å². The number of rotatable bonds is 4. The van der Waals surface area contributed by atoms with Crippen molar-refractivity contribution >= 4 is 18.0 Å². The van der Waals surface area contributed by atoms with Crippen molar-refractivity contribution in [3.63, 3.8) is 0 Å². The fourth-order valence-electron chi connectivity index (χ4n) is 1.70. The number of carboxylic acids is 1. The van der Waals surface area contributed by atoms with Gasteiger partial charge in [-0.05, 0) is 35.9 Å². The molecule has 0 fully saturated rings. The third kappa shape index (κ3) is 4.01. The maximum absolute atomic E-state index is 13.1. The predicted octanol–water partition coefficient (Wildman–Crippen LogP) is 2.68. The van der Waals surface area contributed by atoms with Gasteiger partial charge in [-0.2, -0.15) is 0 Å². The van der Waals surface area contributed by atoms with Crippen molar-refractivity contribution in [3.05, 3.63) is 77.2 Å². The van der Waals surface area contributed by atoms with E-state index in [4.69, 9.17) is 5.11 Å². The van der Waals surface area contributed by atoms with E-state index < -0.39 is 17.7 Å². The smallest absolute Gasteiger partial charge is 0.352 e. The van der Waals surface area contributed by atoms with E-state index in [-0.39, 0.29) is 5.70 Å². The van der Waals surface area contributed by atoms with Gasteiger partial charge in [0, 0.05) is 5.56 Å². The summed E-state index contributed by atoms with van der Waals surface area (Å²) in [5.41, 5.74) is 0.360. The van der Waals surface area contributed by atoms with Gasteiger partial charge < -0.3 is 10.4 Å². The zero-order chi connectivity index (χ0) is 15.2. The van der Waals surface area contributed by atoms with Crippen LogP contribution in [-0.4, -0.2) is 17.0 Å². The van der Waals surface area contributed by atoms with E-state index in [1.165, 1.54) is 24.3 Å². The molecule has 0 saturated heterocycles. The molecule has 1 amide bonds. The largest absolute Gasteiger partial charge is 0.477 e. The van der Waals surface area contributed by atoms with Crippen LogP contribution >= 0.6 is 0 Å². The second-order valence-electron chi connectivity index (χ2n) is 4.24. The topological polar surface area (TPSA) is 66.4 Å². The average molecular weight is 285 g/mol. The lowest BCUT2D eigenvalue weighted by atomic mass is 10.1. The van der Waals surface area contributed by atoms with Gasteiger partial charge in [-0.25, -0.2) is 9.18 Å². The van der Waals surface area contributed by atoms with Crippen molar-refractivity contribution in [2.75, 3.05) is 0 Å². The molecule has 0 bridgehead atoms. The molecule has 0 saturated carbocycles. The van der Waals surface area contributed by atoms with Crippen LogP contribution in [0.4, 0.5) is 4.39 Å². The highest BCUT2D eigenvalue weighted by Crippen LogP contribution is 2.09. The molecule has 106 valence electrons. The summed E-state index contributed by atoms with van der Waals surface area (Å²) in [5.74, 6) is -2.33. The molecule has 0 aliphatic heterocycles. The standard InChI is InChI=1S/C16H12FNO3/c17-13-8-4-5-11(9-13)10-14(16(20)21)18-15(19)12-6-2-1-3-7-12/h1-10H,(H,18,19)(H,20,21)/b14-10+. The molecule has 21 heavy (non-hydrogen) atoms. The zero-order valence-electron chi connectivity index (χ0n) is 10.9. The van der Waals surface area contributed by atoms with Crippen LogP contribution in [-0.2, 0) is 4.79 Å². The summed E-state index contributed by atoms with van der Waals surface area (Å²) < 4.78 is 13.1. The number of halogens is 1. The summed E-state index contributed by atoms with van der Waals surface area (Å²) in [4.78, 5) is 23.1. The molecule has 0 radical (unpaired) electrons. The van der Waals surface area contributed by atoms with Gasteiger partial charge in [0.05, 0.1) is 0 Å². The van der Waals surface area contributed by atoms with Crippen molar-refractivity contribution in [2.45, 2.75) is 0 Å². The average Bonchev–Trinajstić information content (AvgIpc) is 2.47. The molecule has 2 N–H and O–H groups in total. The van der Waals surface area contributed by atoms with Gasteiger partial charge in [-0.1, -0.05) is 30.3 Å². The van der Waals surface area contributed by atoms with E-state index in [0.717, 1.165) is 0 Å². The Morgan fingerprint density at radius 2 is 1.76 bits per heavy atom. The van der Waals surface area contributed by atoms with Gasteiger partial charge in [0.15, 0.2) is 0 Å². The Bertz CT molecular complexity index is 696. The van der Waals surface area contributed by atoms with Crippen molar-refractivity contribution < 1.29 is 19.1 Å². The summed E-state index contributed by atoms with van der Waals surface area (Å²) in [5, 5.41) is 11.4. The first-order valence-corrected chi connectivity index (χ1v) is 6.13. The number of benzene rings is 2. The SMILES string of the molecule is O=C(O)/C(=C\c1cccc(F)c1)NC(=O)c1ccccc1. The van der Waals surface area contributed by atoms with Crippen LogP contribution in [0.2, 0.25) is 0 Å². The molecule has 0 aliphatic carbocycles. The highest BCUT2D eigenvalue weighted by atomic mass is 19.1. The molecule has 2 rings (SSSR count). The lowest BCUT2D eigenvalue weighted by Crippen LogP contribution is -2.27. The van der Waals surface area contributed by atoms with Crippen LogP contribution in [0.1, 0.15) is 15.9 Å². The summed E-state index contributed by atoms with van der Waals surface area (Å²) in [6.45, 7) is 0. The minimum Gasteiger partial charge on any atom is -0.477 e. The molecule has 0 aliphatic rings. The van der Waals surface area contributed by atoms with Gasteiger partial charge in [0.25, 0.3) is 5.91 Å². The third-order valence-electron chi connectivity index (χ3n) is 2.67. The van der Waals surface area contributed by atoms with Crippen molar-refractivity contribution in [1.29, 1.82) is 0 Å². The molecule has 4 nitrogen and oxygen atoms in total. The molecule has 0 spiro atoms. The summed E-state index contributed by atoms with van der Waals surface area (Å²) >= 11 is 0. The summed E-state index contributed by atoms with van der Waals surface area (Å²) in [7, 11) is 0. The number of nitrogens with one attached hydrogen (secondary N) is 1. The Hall–Kier alpha value is -2.95. The molecule has 0 unspecified atom stereocenters. The number of amides is 1. The molecule has 0 atom stereocenters. The summed E-state index contributed by atoms with van der Waals surface area (Å²) in [6, 6.07) is 13.7. The minimum absolute atomic E-state index is 0.325. The number of aliphatic carboxylic acids is 1. The highest BCUT2D eigenvalue weighted by molar-refractivity contribution is 6.02. The first kappa shape index (κ1) is 14.5. The van der Waals surface area contributed by atoms with Crippen LogP contribution in [0.3, 0.4) is 0 Å². The maximum Gasteiger partial charge on any atom is 0.352 e. The third-order valence-corrected chi connectivity index (χ3v) is 2.67. The fraction of sp³-hybridized carbons (Fsp3) is 0. The van der Waals surface area contributed by atoms with Gasteiger partial charge >= 0.3 is 5.97 Å². The number of hydrogen-bond acceptors (Lipinski definition) is 2. The van der Waals surface area contributed by atoms with Crippen LogP contribution in [0, 0.1) is 5.82 Å². The molecule has 0 heterocycles. The monoisotopic (exact) mass is 285 g/mol. The zero-order valence-corrected chi connectivity index (χ0v) is 10.9. The van der Waals surface area contributed by atoms with Crippen LogP contribution in [0.5, 0.6) is 0 Å². The van der Waals surface area contributed by atoms with Gasteiger partial charge in [0.2, 0.25) is 0 Å². The van der Waals surface area contributed by atoms with Gasteiger partial charge in [-0.15, -0.1) is 0 Å². The van der Waals surface area contributed by atoms with E-state index in [1.807, 2.05) is 0 Å². The number of carboxylic acid groups (broad SMARTS) is 1. The summed E-state index contributed by atoms with van der Waals surface area (Å²) in [6.07, 6.45) is 1.20. The Labute approximate surface area is 120 Å². The van der Waals surface area contributed by atoms with Crippen molar-refractivity contribution in [1.82, 2.24) is 5.32 Å². The number of hydrogen-bond donors (Lipinski definition) is 2. The Kier molecular flexibility index (Phi) is 4.46. The van der Waals surface area contributed by atoms with Crippen LogP contribution < -0.4 is 5.32 Å². The molecular formula is C16H12FNO3. The van der Waals surface area contributed by atoms with Gasteiger partial charge in [-0.3, -0.25) is 4.79 Å².